The summed E-state index contributed by atoms with van der Waals surface area (Å²) in [7, 11) is 1.68. The molecule has 1 unspecified atom stereocenters. The molecule has 0 aromatic heterocycles. The van der Waals surface area contributed by atoms with E-state index in [0.717, 1.165) is 12.0 Å². The minimum Gasteiger partial charge on any atom is -0.359 e. The van der Waals surface area contributed by atoms with Crippen molar-refractivity contribution in [1.29, 1.82) is 0 Å². The molecule has 14 heavy (non-hydrogen) atoms. The van der Waals surface area contributed by atoms with E-state index < -0.39 is 0 Å². The van der Waals surface area contributed by atoms with Crippen molar-refractivity contribution in [3.63, 3.8) is 0 Å². The highest BCUT2D eigenvalue weighted by molar-refractivity contribution is 5.83. The zero-order valence-corrected chi connectivity index (χ0v) is 9.00. The molecule has 1 N–H and O–H groups in total. The van der Waals surface area contributed by atoms with Gasteiger partial charge in [-0.3, -0.25) is 4.79 Å². The maximum absolute atomic E-state index is 11.5. The lowest BCUT2D eigenvalue weighted by Gasteiger charge is -2.13. The van der Waals surface area contributed by atoms with E-state index in [1.54, 1.807) is 7.05 Å². The van der Waals surface area contributed by atoms with Crippen molar-refractivity contribution in [2.24, 2.45) is 0 Å². The SMILES string of the molecule is CCC(C(=O)NC)c1ccc(C)cc1. The Morgan fingerprint density at radius 3 is 2.36 bits per heavy atom. The Bertz CT molecular complexity index is 303. The third-order valence-corrected chi connectivity index (χ3v) is 2.45. The van der Waals surface area contributed by atoms with Crippen molar-refractivity contribution in [2.75, 3.05) is 7.05 Å². The zero-order chi connectivity index (χ0) is 10.6. The molecule has 76 valence electrons. The lowest BCUT2D eigenvalue weighted by molar-refractivity contribution is -0.122. The lowest BCUT2D eigenvalue weighted by Crippen LogP contribution is -2.25. The van der Waals surface area contributed by atoms with Gasteiger partial charge >= 0.3 is 0 Å². The fourth-order valence-corrected chi connectivity index (χ4v) is 1.55. The molecule has 1 atom stereocenters. The van der Waals surface area contributed by atoms with Crippen molar-refractivity contribution in [2.45, 2.75) is 26.2 Å². The predicted octanol–water partition coefficient (Wildman–Crippen LogP) is 2.23. The van der Waals surface area contributed by atoms with Crippen LogP contribution in [-0.2, 0) is 4.79 Å². The van der Waals surface area contributed by atoms with Crippen molar-refractivity contribution in [3.05, 3.63) is 35.4 Å². The van der Waals surface area contributed by atoms with Gasteiger partial charge in [0.2, 0.25) is 5.91 Å². The summed E-state index contributed by atoms with van der Waals surface area (Å²) in [6.45, 7) is 4.07. The van der Waals surface area contributed by atoms with Crippen LogP contribution < -0.4 is 5.32 Å². The molecule has 0 radical (unpaired) electrons. The van der Waals surface area contributed by atoms with E-state index >= 15 is 0 Å². The Morgan fingerprint density at radius 1 is 1.36 bits per heavy atom. The van der Waals surface area contributed by atoms with Gasteiger partial charge in [0, 0.05) is 7.05 Å². The summed E-state index contributed by atoms with van der Waals surface area (Å²) in [5.74, 6) is 0.0805. The summed E-state index contributed by atoms with van der Waals surface area (Å²) in [6.07, 6.45) is 0.836. The van der Waals surface area contributed by atoms with Crippen LogP contribution in [0.2, 0.25) is 0 Å². The summed E-state index contributed by atoms with van der Waals surface area (Å²) in [4.78, 5) is 11.5. The molecule has 0 bridgehead atoms. The highest BCUT2D eigenvalue weighted by Crippen LogP contribution is 2.19. The number of rotatable bonds is 3. The van der Waals surface area contributed by atoms with Gasteiger partial charge in [-0.25, -0.2) is 0 Å². The summed E-state index contributed by atoms with van der Waals surface area (Å²) in [5.41, 5.74) is 2.32. The number of carbonyl (C=O) groups is 1. The summed E-state index contributed by atoms with van der Waals surface area (Å²) >= 11 is 0. The molecule has 0 aliphatic carbocycles. The second-order valence-corrected chi connectivity index (χ2v) is 3.49. The molecule has 0 aliphatic rings. The molecular weight excluding hydrogens is 174 g/mol. The van der Waals surface area contributed by atoms with Crippen molar-refractivity contribution < 1.29 is 4.79 Å². The molecule has 1 rings (SSSR count). The molecule has 0 saturated heterocycles. The first-order valence-electron chi connectivity index (χ1n) is 4.97. The summed E-state index contributed by atoms with van der Waals surface area (Å²) in [6, 6.07) is 8.14. The standard InChI is InChI=1S/C12H17NO/c1-4-11(12(14)13-3)10-7-5-9(2)6-8-10/h5-8,11H,4H2,1-3H3,(H,13,14). The average molecular weight is 191 g/mol. The molecule has 0 fully saturated rings. The first-order valence-corrected chi connectivity index (χ1v) is 4.97. The third-order valence-electron chi connectivity index (χ3n) is 2.45. The molecule has 2 heteroatoms. The maximum Gasteiger partial charge on any atom is 0.227 e. The largest absolute Gasteiger partial charge is 0.359 e. The molecule has 0 spiro atoms. The third kappa shape index (κ3) is 2.34. The summed E-state index contributed by atoms with van der Waals surface area (Å²) < 4.78 is 0. The highest BCUT2D eigenvalue weighted by atomic mass is 16.1. The first-order chi connectivity index (χ1) is 6.69. The van der Waals surface area contributed by atoms with Gasteiger partial charge in [0.15, 0.2) is 0 Å². The van der Waals surface area contributed by atoms with E-state index in [-0.39, 0.29) is 11.8 Å². The van der Waals surface area contributed by atoms with Crippen LogP contribution in [0.3, 0.4) is 0 Å². The van der Waals surface area contributed by atoms with Crippen molar-refractivity contribution in [1.82, 2.24) is 5.32 Å². The first kappa shape index (κ1) is 10.8. The number of aryl methyl sites for hydroxylation is 1. The van der Waals surface area contributed by atoms with Crippen LogP contribution in [0, 0.1) is 6.92 Å². The molecular formula is C12H17NO. The quantitative estimate of drug-likeness (QED) is 0.780. The molecule has 1 aromatic carbocycles. The van der Waals surface area contributed by atoms with E-state index in [1.807, 2.05) is 38.1 Å². The van der Waals surface area contributed by atoms with E-state index in [1.165, 1.54) is 5.56 Å². The molecule has 0 saturated carbocycles. The van der Waals surface area contributed by atoms with Crippen LogP contribution in [0.5, 0.6) is 0 Å². The van der Waals surface area contributed by atoms with E-state index in [4.69, 9.17) is 0 Å². The number of amides is 1. The molecule has 2 nitrogen and oxygen atoms in total. The second-order valence-electron chi connectivity index (χ2n) is 3.49. The number of hydrogen-bond donors (Lipinski definition) is 1. The molecule has 1 amide bonds. The number of nitrogens with one attached hydrogen (secondary N) is 1. The van der Waals surface area contributed by atoms with Crippen LogP contribution in [0.15, 0.2) is 24.3 Å². The number of likely N-dealkylation sites (N-methyl/N-ethyl adjacent to an activating group) is 1. The van der Waals surface area contributed by atoms with Gasteiger partial charge in [0.1, 0.15) is 0 Å². The van der Waals surface area contributed by atoms with Gasteiger partial charge in [-0.05, 0) is 18.9 Å². The van der Waals surface area contributed by atoms with Gasteiger partial charge in [-0.15, -0.1) is 0 Å². The molecule has 0 heterocycles. The van der Waals surface area contributed by atoms with Crippen LogP contribution in [0.25, 0.3) is 0 Å². The average Bonchev–Trinajstić information content (AvgIpc) is 2.21. The van der Waals surface area contributed by atoms with Crippen LogP contribution in [0.4, 0.5) is 0 Å². The minimum absolute atomic E-state index is 0.0133. The van der Waals surface area contributed by atoms with Crippen LogP contribution in [0.1, 0.15) is 30.4 Å². The van der Waals surface area contributed by atoms with Crippen LogP contribution in [-0.4, -0.2) is 13.0 Å². The molecule has 1 aromatic rings. The Balaban J connectivity index is 2.89. The topological polar surface area (TPSA) is 29.1 Å². The number of benzene rings is 1. The number of carbonyl (C=O) groups excluding carboxylic acids is 1. The Kier molecular flexibility index (Phi) is 3.69. The van der Waals surface area contributed by atoms with Gasteiger partial charge in [0.05, 0.1) is 5.92 Å². The summed E-state index contributed by atoms with van der Waals surface area (Å²) in [5, 5.41) is 2.69. The highest BCUT2D eigenvalue weighted by Gasteiger charge is 2.16. The molecule has 0 aliphatic heterocycles. The van der Waals surface area contributed by atoms with E-state index in [9.17, 15) is 4.79 Å². The fourth-order valence-electron chi connectivity index (χ4n) is 1.55. The van der Waals surface area contributed by atoms with Gasteiger partial charge in [-0.1, -0.05) is 36.8 Å². The van der Waals surface area contributed by atoms with Gasteiger partial charge < -0.3 is 5.32 Å². The minimum atomic E-state index is -0.0133. The van der Waals surface area contributed by atoms with Crippen LogP contribution >= 0.6 is 0 Å². The lowest BCUT2D eigenvalue weighted by atomic mass is 9.95. The normalized spacial score (nSPS) is 12.2. The number of hydrogen-bond acceptors (Lipinski definition) is 1. The fraction of sp³-hybridized carbons (Fsp3) is 0.417. The smallest absolute Gasteiger partial charge is 0.227 e. The van der Waals surface area contributed by atoms with Crippen molar-refractivity contribution >= 4 is 5.91 Å². The predicted molar refractivity (Wildman–Crippen MR) is 58.3 cm³/mol. The van der Waals surface area contributed by atoms with Gasteiger partial charge in [-0.2, -0.15) is 0 Å². The zero-order valence-electron chi connectivity index (χ0n) is 9.00. The maximum atomic E-state index is 11.5. The Labute approximate surface area is 85.3 Å². The Hall–Kier alpha value is -1.31. The van der Waals surface area contributed by atoms with Crippen molar-refractivity contribution in [3.8, 4) is 0 Å². The Morgan fingerprint density at radius 2 is 1.93 bits per heavy atom. The van der Waals surface area contributed by atoms with Gasteiger partial charge in [0.25, 0.3) is 0 Å². The van der Waals surface area contributed by atoms with E-state index in [0.29, 0.717) is 0 Å². The van der Waals surface area contributed by atoms with E-state index in [2.05, 4.69) is 5.32 Å². The monoisotopic (exact) mass is 191 g/mol. The second kappa shape index (κ2) is 4.80.